The van der Waals surface area contributed by atoms with E-state index >= 15 is 0 Å². The molecule has 1 aromatic carbocycles. The molecule has 0 radical (unpaired) electrons. The number of non-ortho nitro benzene ring substituents is 1. The highest BCUT2D eigenvalue weighted by atomic mass is 16.6. The molecule has 1 aromatic rings. The molecule has 0 amide bonds. The first-order chi connectivity index (χ1) is 9.97. The number of fused-ring (bicyclic) bond motifs is 1. The van der Waals surface area contributed by atoms with Crippen LogP contribution in [0.5, 0.6) is 0 Å². The van der Waals surface area contributed by atoms with E-state index in [9.17, 15) is 14.9 Å². The number of benzene rings is 1. The van der Waals surface area contributed by atoms with Crippen LogP contribution in [0.1, 0.15) is 25.3 Å². The molecule has 6 nitrogen and oxygen atoms in total. The van der Waals surface area contributed by atoms with E-state index in [-0.39, 0.29) is 11.6 Å². The Morgan fingerprint density at radius 3 is 2.67 bits per heavy atom. The Morgan fingerprint density at radius 1 is 1.33 bits per heavy atom. The third-order valence-electron chi connectivity index (χ3n) is 4.00. The Kier molecular flexibility index (Phi) is 2.83. The molecule has 6 heteroatoms. The number of methoxy groups -OCH3 is 1. The van der Waals surface area contributed by atoms with E-state index in [0.29, 0.717) is 5.57 Å². The first kappa shape index (κ1) is 13.4. The highest BCUT2D eigenvalue weighted by Gasteiger charge is 2.49. The maximum absolute atomic E-state index is 12.0. The van der Waals surface area contributed by atoms with E-state index in [2.05, 4.69) is 0 Å². The van der Waals surface area contributed by atoms with Crippen LogP contribution in [-0.2, 0) is 9.53 Å². The number of hydrogen-bond donors (Lipinski definition) is 0. The fraction of sp³-hybridized carbons (Fsp3) is 0.267. The molecule has 108 valence electrons. The summed E-state index contributed by atoms with van der Waals surface area (Å²) in [5.41, 5.74) is 4.26. The van der Waals surface area contributed by atoms with Crippen molar-refractivity contribution in [1.82, 2.24) is 4.90 Å². The second kappa shape index (κ2) is 4.44. The first-order valence-electron chi connectivity index (χ1n) is 6.51. The van der Waals surface area contributed by atoms with Crippen LogP contribution >= 0.6 is 0 Å². The molecular weight excluding hydrogens is 272 g/mol. The van der Waals surface area contributed by atoms with Crippen LogP contribution in [0.4, 0.5) is 5.69 Å². The van der Waals surface area contributed by atoms with Gasteiger partial charge in [0.25, 0.3) is 5.69 Å². The Bertz CT molecular complexity index is 733. The van der Waals surface area contributed by atoms with Gasteiger partial charge in [0.15, 0.2) is 0 Å². The lowest BCUT2D eigenvalue weighted by Crippen LogP contribution is -2.12. The Hall–Kier alpha value is -2.63. The maximum Gasteiger partial charge on any atom is 0.336 e. The largest absolute Gasteiger partial charge is 0.466 e. The van der Waals surface area contributed by atoms with Gasteiger partial charge in [-0.15, -0.1) is 0 Å². The molecule has 0 saturated carbocycles. The Morgan fingerprint density at radius 2 is 2.05 bits per heavy atom. The number of carbonyl (C=O) groups is 1. The van der Waals surface area contributed by atoms with Crippen molar-refractivity contribution in [2.75, 3.05) is 7.11 Å². The van der Waals surface area contributed by atoms with Crippen LogP contribution in [-0.4, -0.2) is 22.9 Å². The summed E-state index contributed by atoms with van der Waals surface area (Å²) in [7, 11) is 1.34. The fourth-order valence-electron chi connectivity index (χ4n) is 3.02. The van der Waals surface area contributed by atoms with E-state index < -0.39 is 10.9 Å². The van der Waals surface area contributed by atoms with E-state index in [0.717, 1.165) is 22.7 Å². The smallest absolute Gasteiger partial charge is 0.336 e. The van der Waals surface area contributed by atoms with E-state index in [4.69, 9.17) is 4.74 Å². The molecular formula is C15H14N2O4. The molecule has 1 unspecified atom stereocenters. The minimum atomic E-state index is -0.432. The lowest BCUT2D eigenvalue weighted by atomic mass is 9.90. The van der Waals surface area contributed by atoms with Gasteiger partial charge in [0, 0.05) is 23.5 Å². The molecule has 2 heterocycles. The minimum Gasteiger partial charge on any atom is -0.466 e. The third kappa shape index (κ3) is 1.83. The van der Waals surface area contributed by atoms with Gasteiger partial charge < -0.3 is 9.64 Å². The monoisotopic (exact) mass is 286 g/mol. The lowest BCUT2D eigenvalue weighted by Gasteiger charge is -2.13. The van der Waals surface area contributed by atoms with Gasteiger partial charge >= 0.3 is 5.97 Å². The quantitative estimate of drug-likeness (QED) is 0.485. The summed E-state index contributed by atoms with van der Waals surface area (Å²) >= 11 is 0. The fourth-order valence-corrected chi connectivity index (χ4v) is 3.02. The van der Waals surface area contributed by atoms with Gasteiger partial charge in [-0.2, -0.15) is 0 Å². The number of nitro groups is 1. The van der Waals surface area contributed by atoms with Crippen molar-refractivity contribution < 1.29 is 14.5 Å². The topological polar surface area (TPSA) is 72.5 Å². The average Bonchev–Trinajstić information content (AvgIpc) is 3.02. The predicted molar refractivity (Wildman–Crippen MR) is 75.1 cm³/mol. The molecule has 0 N–H and O–H groups in total. The maximum atomic E-state index is 12.0. The summed E-state index contributed by atoms with van der Waals surface area (Å²) in [4.78, 5) is 24.5. The van der Waals surface area contributed by atoms with Crippen molar-refractivity contribution >= 4 is 11.7 Å². The summed E-state index contributed by atoms with van der Waals surface area (Å²) in [5, 5.41) is 10.9. The van der Waals surface area contributed by atoms with Gasteiger partial charge in [-0.05, 0) is 19.4 Å². The molecule has 1 atom stereocenters. The van der Waals surface area contributed by atoms with Gasteiger partial charge in [0.2, 0.25) is 0 Å². The zero-order chi connectivity index (χ0) is 15.3. The normalized spacial score (nSPS) is 19.8. The van der Waals surface area contributed by atoms with Crippen LogP contribution in [0, 0.1) is 10.1 Å². The van der Waals surface area contributed by atoms with E-state index in [1.165, 1.54) is 19.2 Å². The lowest BCUT2D eigenvalue weighted by molar-refractivity contribution is -0.384. The summed E-state index contributed by atoms with van der Waals surface area (Å²) in [6.07, 6.45) is 0. The highest BCUT2D eigenvalue weighted by molar-refractivity contribution is 5.94. The van der Waals surface area contributed by atoms with Crippen LogP contribution in [0.15, 0.2) is 46.9 Å². The summed E-state index contributed by atoms with van der Waals surface area (Å²) in [6.45, 7) is 3.83. The van der Waals surface area contributed by atoms with Crippen molar-refractivity contribution in [2.24, 2.45) is 0 Å². The number of hydrogen-bond acceptors (Lipinski definition) is 5. The van der Waals surface area contributed by atoms with Gasteiger partial charge in [-0.3, -0.25) is 10.1 Å². The number of nitro benzene ring substituents is 1. The number of ether oxygens (including phenoxy) is 1. The Balaban J connectivity index is 2.09. The number of allylic oxidation sites excluding steroid dienone is 3. The van der Waals surface area contributed by atoms with Crippen LogP contribution in [0.25, 0.3) is 0 Å². The number of nitrogens with zero attached hydrogens (tertiary/aromatic N) is 2. The van der Waals surface area contributed by atoms with Gasteiger partial charge in [-0.25, -0.2) is 4.79 Å². The minimum absolute atomic E-state index is 0.0201. The van der Waals surface area contributed by atoms with Crippen LogP contribution < -0.4 is 0 Å². The number of rotatable bonds is 3. The zero-order valence-corrected chi connectivity index (χ0v) is 11.9. The van der Waals surface area contributed by atoms with E-state index in [1.807, 2.05) is 18.7 Å². The molecule has 0 saturated heterocycles. The van der Waals surface area contributed by atoms with Gasteiger partial charge in [0.1, 0.15) is 0 Å². The van der Waals surface area contributed by atoms with Gasteiger partial charge in [0.05, 0.1) is 29.2 Å². The van der Waals surface area contributed by atoms with Crippen molar-refractivity contribution in [3.05, 3.63) is 62.6 Å². The van der Waals surface area contributed by atoms with Gasteiger partial charge in [-0.1, -0.05) is 12.1 Å². The number of esters is 1. The Labute approximate surface area is 121 Å². The molecule has 0 aromatic heterocycles. The third-order valence-corrected chi connectivity index (χ3v) is 4.00. The van der Waals surface area contributed by atoms with E-state index in [1.54, 1.807) is 12.1 Å². The molecule has 2 aliphatic rings. The van der Waals surface area contributed by atoms with Crippen molar-refractivity contribution in [1.29, 1.82) is 0 Å². The summed E-state index contributed by atoms with van der Waals surface area (Å²) in [5.74, 6) is -0.672. The second-order valence-corrected chi connectivity index (χ2v) is 5.08. The van der Waals surface area contributed by atoms with Crippen molar-refractivity contribution in [2.45, 2.75) is 19.8 Å². The molecule has 3 rings (SSSR count). The zero-order valence-electron chi connectivity index (χ0n) is 11.9. The SMILES string of the molecule is COC(=O)C1=C(C)N2C(C)=C2C1c1cccc([N+](=O)[O-])c1. The molecule has 21 heavy (non-hydrogen) atoms. The summed E-state index contributed by atoms with van der Waals surface area (Å²) in [6, 6.07) is 6.40. The molecule has 0 bridgehead atoms. The second-order valence-electron chi connectivity index (χ2n) is 5.08. The predicted octanol–water partition coefficient (Wildman–Crippen LogP) is 2.69. The molecule has 2 aliphatic heterocycles. The molecule has 0 spiro atoms. The van der Waals surface area contributed by atoms with Crippen LogP contribution in [0.2, 0.25) is 0 Å². The van der Waals surface area contributed by atoms with Crippen LogP contribution in [0.3, 0.4) is 0 Å². The standard InChI is InChI=1S/C15H14N2O4/c1-8-12(15(18)21-3)13(14-9(2)16(8)14)10-5-4-6-11(7-10)17(19)20/h4-7,13H,1-3H3. The molecule has 0 aliphatic carbocycles. The highest BCUT2D eigenvalue weighted by Crippen LogP contribution is 2.56. The summed E-state index contributed by atoms with van der Waals surface area (Å²) < 4.78 is 4.86. The first-order valence-corrected chi connectivity index (χ1v) is 6.51. The number of carbonyl (C=O) groups excluding carboxylic acids is 1. The van der Waals surface area contributed by atoms with Crippen molar-refractivity contribution in [3.63, 3.8) is 0 Å². The molecule has 0 fully saturated rings. The van der Waals surface area contributed by atoms with Crippen molar-refractivity contribution in [3.8, 4) is 0 Å². The average molecular weight is 286 g/mol.